The Kier molecular flexibility index (Phi) is 4.71. The highest BCUT2D eigenvalue weighted by molar-refractivity contribution is 7.10. The first-order valence-corrected chi connectivity index (χ1v) is 8.35. The van der Waals surface area contributed by atoms with Gasteiger partial charge in [0.2, 0.25) is 0 Å². The van der Waals surface area contributed by atoms with Crippen LogP contribution in [0.5, 0.6) is 0 Å². The molecule has 1 aromatic heterocycles. The third-order valence-electron chi connectivity index (χ3n) is 3.60. The second kappa shape index (κ2) is 6.62. The largest absolute Gasteiger partial charge is 0.418 e. The lowest BCUT2D eigenvalue weighted by atomic mass is 10.1. The third-order valence-corrected chi connectivity index (χ3v) is 4.87. The lowest BCUT2D eigenvalue weighted by Crippen LogP contribution is -2.25. The van der Waals surface area contributed by atoms with Gasteiger partial charge in [-0.15, -0.1) is 11.3 Å². The maximum atomic E-state index is 13.0. The molecule has 0 fully saturated rings. The van der Waals surface area contributed by atoms with Crippen LogP contribution in [0.3, 0.4) is 0 Å². The molecule has 0 radical (unpaired) electrons. The van der Waals surface area contributed by atoms with Crippen molar-refractivity contribution >= 4 is 40.3 Å². The van der Waals surface area contributed by atoms with Crippen LogP contribution in [0.25, 0.3) is 0 Å². The van der Waals surface area contributed by atoms with Crippen molar-refractivity contribution in [2.24, 2.45) is 0 Å². The maximum absolute atomic E-state index is 13.0. The Bertz CT molecular complexity index is 776. The second-order valence-electron chi connectivity index (χ2n) is 5.24. The van der Waals surface area contributed by atoms with Gasteiger partial charge >= 0.3 is 12.2 Å². The van der Waals surface area contributed by atoms with Gasteiger partial charge in [0.15, 0.2) is 0 Å². The molecule has 1 aromatic carbocycles. The summed E-state index contributed by atoms with van der Waals surface area (Å²) in [4.78, 5) is 13.2. The van der Waals surface area contributed by atoms with Crippen LogP contribution in [0.1, 0.15) is 16.0 Å². The fourth-order valence-electron chi connectivity index (χ4n) is 2.51. The fourth-order valence-corrected chi connectivity index (χ4v) is 3.68. The Balaban J connectivity index is 1.78. The van der Waals surface area contributed by atoms with Gasteiger partial charge in [-0.3, -0.25) is 0 Å². The number of alkyl halides is 3. The smallest absolute Gasteiger partial charge is 0.312 e. The van der Waals surface area contributed by atoms with Crippen molar-refractivity contribution < 1.29 is 18.0 Å². The molecule has 0 saturated heterocycles. The number of halogens is 4. The van der Waals surface area contributed by atoms with Crippen LogP contribution < -0.4 is 16.0 Å². The highest BCUT2D eigenvalue weighted by Crippen LogP contribution is 2.36. The number of urea groups is 1. The summed E-state index contributed by atoms with van der Waals surface area (Å²) in [6.45, 7) is 1.53. The number of nitrogens with one attached hydrogen (secondary N) is 3. The van der Waals surface area contributed by atoms with Gasteiger partial charge in [0.1, 0.15) is 0 Å². The van der Waals surface area contributed by atoms with E-state index in [0.717, 1.165) is 48.2 Å². The molecule has 0 saturated carbocycles. The maximum Gasteiger partial charge on any atom is 0.418 e. The van der Waals surface area contributed by atoms with Crippen LogP contribution in [0.2, 0.25) is 5.02 Å². The molecule has 2 amide bonds. The van der Waals surface area contributed by atoms with E-state index in [-0.39, 0.29) is 10.7 Å². The number of amides is 2. The second-order valence-corrected chi connectivity index (χ2v) is 6.65. The molecule has 128 valence electrons. The number of thiophene rings is 1. The fraction of sp³-hybridized carbons (Fsp3) is 0.267. The van der Waals surface area contributed by atoms with Crippen molar-refractivity contribution in [3.05, 3.63) is 44.6 Å². The SMILES string of the molecule is O=C(Nc1cc(Cl)ccc1C(F)(F)F)Nc1csc2c1CCNC2. The van der Waals surface area contributed by atoms with E-state index >= 15 is 0 Å². The summed E-state index contributed by atoms with van der Waals surface area (Å²) in [5.74, 6) is 0. The normalized spacial score (nSPS) is 14.2. The molecule has 3 N–H and O–H groups in total. The molecule has 0 spiro atoms. The molecule has 24 heavy (non-hydrogen) atoms. The Morgan fingerprint density at radius 2 is 2.00 bits per heavy atom. The predicted molar refractivity (Wildman–Crippen MR) is 88.8 cm³/mol. The molecule has 4 nitrogen and oxygen atoms in total. The first kappa shape index (κ1) is 17.1. The van der Waals surface area contributed by atoms with Gasteiger partial charge in [-0.05, 0) is 36.7 Å². The van der Waals surface area contributed by atoms with Crippen molar-refractivity contribution in [3.8, 4) is 0 Å². The summed E-state index contributed by atoms with van der Waals surface area (Å²) in [6, 6.07) is 2.32. The van der Waals surface area contributed by atoms with Crippen LogP contribution in [0, 0.1) is 0 Å². The van der Waals surface area contributed by atoms with E-state index in [1.165, 1.54) is 11.3 Å². The summed E-state index contributed by atoms with van der Waals surface area (Å²) in [5.41, 5.74) is 0.331. The summed E-state index contributed by atoms with van der Waals surface area (Å²) < 4.78 is 39.0. The van der Waals surface area contributed by atoms with Crippen LogP contribution in [0.4, 0.5) is 29.3 Å². The minimum atomic E-state index is -4.58. The van der Waals surface area contributed by atoms with Gasteiger partial charge < -0.3 is 16.0 Å². The quantitative estimate of drug-likeness (QED) is 0.712. The summed E-state index contributed by atoms with van der Waals surface area (Å²) in [5, 5.41) is 9.98. The molecule has 1 aliphatic rings. The highest BCUT2D eigenvalue weighted by Gasteiger charge is 2.34. The van der Waals surface area contributed by atoms with E-state index < -0.39 is 17.8 Å². The average Bonchev–Trinajstić information content (AvgIpc) is 2.89. The molecule has 0 atom stereocenters. The lowest BCUT2D eigenvalue weighted by molar-refractivity contribution is -0.136. The van der Waals surface area contributed by atoms with Crippen molar-refractivity contribution in [3.63, 3.8) is 0 Å². The van der Waals surface area contributed by atoms with Gasteiger partial charge in [0.25, 0.3) is 0 Å². The van der Waals surface area contributed by atoms with E-state index in [2.05, 4.69) is 16.0 Å². The molecule has 0 bridgehead atoms. The first-order valence-electron chi connectivity index (χ1n) is 7.09. The minimum absolute atomic E-state index is 0.109. The molecule has 9 heteroatoms. The van der Waals surface area contributed by atoms with E-state index in [1.807, 2.05) is 0 Å². The molecule has 3 rings (SSSR count). The number of fused-ring (bicyclic) bond motifs is 1. The Morgan fingerprint density at radius 3 is 2.75 bits per heavy atom. The monoisotopic (exact) mass is 375 g/mol. The number of carbonyl (C=O) groups excluding carboxylic acids is 1. The van der Waals surface area contributed by atoms with E-state index in [4.69, 9.17) is 11.6 Å². The molecular weight excluding hydrogens is 363 g/mol. The molecular formula is C15H13ClF3N3OS. The van der Waals surface area contributed by atoms with Gasteiger partial charge in [-0.25, -0.2) is 4.79 Å². The minimum Gasteiger partial charge on any atom is -0.312 e. The lowest BCUT2D eigenvalue weighted by Gasteiger charge is -2.16. The molecule has 2 heterocycles. The van der Waals surface area contributed by atoms with Crippen LogP contribution in [-0.4, -0.2) is 12.6 Å². The van der Waals surface area contributed by atoms with Crippen molar-refractivity contribution in [2.75, 3.05) is 17.2 Å². The number of anilines is 2. The number of benzene rings is 1. The third kappa shape index (κ3) is 3.66. The van der Waals surface area contributed by atoms with Crippen molar-refractivity contribution in [1.29, 1.82) is 0 Å². The van der Waals surface area contributed by atoms with E-state index in [0.29, 0.717) is 5.69 Å². The molecule has 0 unspecified atom stereocenters. The number of hydrogen-bond donors (Lipinski definition) is 3. The average molecular weight is 376 g/mol. The zero-order valence-corrected chi connectivity index (χ0v) is 13.8. The first-order chi connectivity index (χ1) is 11.3. The van der Waals surface area contributed by atoms with Crippen LogP contribution >= 0.6 is 22.9 Å². The molecule has 1 aliphatic heterocycles. The zero-order valence-electron chi connectivity index (χ0n) is 12.3. The number of hydrogen-bond acceptors (Lipinski definition) is 3. The van der Waals surface area contributed by atoms with Crippen molar-refractivity contribution in [2.45, 2.75) is 19.1 Å². The Hall–Kier alpha value is -1.77. The van der Waals surface area contributed by atoms with E-state index in [9.17, 15) is 18.0 Å². The predicted octanol–water partition coefficient (Wildman–Crippen LogP) is 4.71. The van der Waals surface area contributed by atoms with Gasteiger partial charge in [0.05, 0.1) is 16.9 Å². The summed E-state index contributed by atoms with van der Waals surface area (Å²) in [7, 11) is 0. The van der Waals surface area contributed by atoms with Crippen LogP contribution in [0.15, 0.2) is 23.6 Å². The number of rotatable bonds is 2. The van der Waals surface area contributed by atoms with Gasteiger partial charge in [0, 0.05) is 21.8 Å². The topological polar surface area (TPSA) is 53.2 Å². The zero-order chi connectivity index (χ0) is 17.3. The van der Waals surface area contributed by atoms with E-state index in [1.54, 1.807) is 5.38 Å². The Labute approximate surface area is 145 Å². The Morgan fingerprint density at radius 1 is 1.25 bits per heavy atom. The van der Waals surface area contributed by atoms with Gasteiger partial charge in [-0.2, -0.15) is 13.2 Å². The highest BCUT2D eigenvalue weighted by atomic mass is 35.5. The number of carbonyl (C=O) groups is 1. The van der Waals surface area contributed by atoms with Gasteiger partial charge in [-0.1, -0.05) is 11.6 Å². The molecule has 0 aliphatic carbocycles. The van der Waals surface area contributed by atoms with Crippen LogP contribution in [-0.2, 0) is 19.1 Å². The standard InChI is InChI=1S/C15H13ClF3N3OS/c16-8-1-2-10(15(17,18)19)11(5-8)21-14(23)22-12-7-24-13-6-20-4-3-9(12)13/h1-2,5,7,20H,3-4,6H2,(H2,21,22,23). The summed E-state index contributed by atoms with van der Waals surface area (Å²) in [6.07, 6.45) is -3.82. The summed E-state index contributed by atoms with van der Waals surface area (Å²) >= 11 is 7.25. The van der Waals surface area contributed by atoms with Crippen molar-refractivity contribution in [1.82, 2.24) is 5.32 Å². The molecule has 2 aromatic rings.